The van der Waals surface area contributed by atoms with Gasteiger partial charge in [-0.1, -0.05) is 50.1 Å². The lowest BCUT2D eigenvalue weighted by atomic mass is 10.1. The van der Waals surface area contributed by atoms with Crippen LogP contribution in [0.5, 0.6) is 0 Å². The Hall–Kier alpha value is -2.14. The summed E-state index contributed by atoms with van der Waals surface area (Å²) in [5, 5.41) is 0. The first-order valence-electron chi connectivity index (χ1n) is 9.17. The highest BCUT2D eigenvalue weighted by Crippen LogP contribution is 2.26. The van der Waals surface area contributed by atoms with Crippen molar-refractivity contribution >= 4 is 11.7 Å². The number of morpholine rings is 1. The predicted molar refractivity (Wildman–Crippen MR) is 97.3 cm³/mol. The minimum atomic E-state index is 0.00210. The van der Waals surface area contributed by atoms with Gasteiger partial charge in [0.1, 0.15) is 5.69 Å². The molecule has 5 nitrogen and oxygen atoms in total. The van der Waals surface area contributed by atoms with Gasteiger partial charge in [-0.05, 0) is 12.0 Å². The molecule has 1 aliphatic heterocycles. The largest absolute Gasteiger partial charge is 0.417 e. The number of Topliss-reactive ketones (excluding diaryl/α,β-unsaturated/α-hetero) is 1. The number of hydrogen-bond acceptors (Lipinski definition) is 5. The molecule has 2 aromatic rings. The van der Waals surface area contributed by atoms with Gasteiger partial charge >= 0.3 is 0 Å². The van der Waals surface area contributed by atoms with Crippen LogP contribution in [0.3, 0.4) is 0 Å². The minimum Gasteiger partial charge on any atom is -0.417 e. The normalized spacial score (nSPS) is 14.7. The summed E-state index contributed by atoms with van der Waals surface area (Å²) in [6, 6.07) is 10.2. The molecule has 134 valence electrons. The molecule has 3 rings (SSSR count). The second-order valence-electron chi connectivity index (χ2n) is 6.41. The van der Waals surface area contributed by atoms with E-state index in [0.717, 1.165) is 49.5 Å². The molecule has 0 saturated carbocycles. The van der Waals surface area contributed by atoms with Gasteiger partial charge in [-0.2, -0.15) is 0 Å². The zero-order valence-electron chi connectivity index (χ0n) is 14.9. The Morgan fingerprint density at radius 2 is 1.92 bits per heavy atom. The molecule has 1 aromatic carbocycles. The monoisotopic (exact) mass is 342 g/mol. The van der Waals surface area contributed by atoms with Crippen LogP contribution in [0, 0.1) is 0 Å². The molecule has 2 heterocycles. The summed E-state index contributed by atoms with van der Waals surface area (Å²) in [5.74, 6) is 0.983. The molecule has 0 unspecified atom stereocenters. The fourth-order valence-electron chi connectivity index (χ4n) is 3.02. The van der Waals surface area contributed by atoms with Crippen LogP contribution in [0.1, 0.15) is 54.5 Å². The summed E-state index contributed by atoms with van der Waals surface area (Å²) in [6.45, 7) is 5.00. The summed E-state index contributed by atoms with van der Waals surface area (Å²) in [4.78, 5) is 19.1. The van der Waals surface area contributed by atoms with Crippen LogP contribution >= 0.6 is 0 Å². The van der Waals surface area contributed by atoms with Gasteiger partial charge in [0.05, 0.1) is 13.2 Å². The maximum Gasteiger partial charge on any atom is 0.265 e. The Balaban J connectivity index is 1.81. The average Bonchev–Trinajstić information content (AvgIpc) is 3.07. The highest BCUT2D eigenvalue weighted by atomic mass is 16.5. The molecule has 0 radical (unpaired) electrons. The SMILES string of the molecule is CCCCCC(=O)c1nc(Cc2ccccc2)c(N2CCOCC2)o1. The van der Waals surface area contributed by atoms with E-state index in [4.69, 9.17) is 9.15 Å². The molecule has 1 saturated heterocycles. The van der Waals surface area contributed by atoms with Gasteiger partial charge in [-0.3, -0.25) is 4.79 Å². The van der Waals surface area contributed by atoms with Crippen molar-refractivity contribution in [3.05, 3.63) is 47.5 Å². The van der Waals surface area contributed by atoms with E-state index in [2.05, 4.69) is 28.9 Å². The van der Waals surface area contributed by atoms with E-state index < -0.39 is 0 Å². The third-order valence-electron chi connectivity index (χ3n) is 4.44. The van der Waals surface area contributed by atoms with Crippen LogP contribution in [-0.4, -0.2) is 37.1 Å². The van der Waals surface area contributed by atoms with E-state index in [1.165, 1.54) is 0 Å². The number of hydrogen-bond donors (Lipinski definition) is 0. The molecule has 1 aromatic heterocycles. The lowest BCUT2D eigenvalue weighted by Crippen LogP contribution is -2.36. The molecule has 1 fully saturated rings. The minimum absolute atomic E-state index is 0.00210. The summed E-state index contributed by atoms with van der Waals surface area (Å²) < 4.78 is 11.4. The second kappa shape index (κ2) is 8.81. The van der Waals surface area contributed by atoms with Crippen molar-refractivity contribution < 1.29 is 13.9 Å². The van der Waals surface area contributed by atoms with Gasteiger partial charge in [-0.25, -0.2) is 4.98 Å². The first kappa shape index (κ1) is 17.7. The zero-order chi connectivity index (χ0) is 17.5. The summed E-state index contributed by atoms with van der Waals surface area (Å²) in [6.07, 6.45) is 4.20. The quantitative estimate of drug-likeness (QED) is 0.538. The molecule has 0 bridgehead atoms. The van der Waals surface area contributed by atoms with Gasteiger partial charge in [0, 0.05) is 25.9 Å². The lowest BCUT2D eigenvalue weighted by Gasteiger charge is -2.26. The molecule has 25 heavy (non-hydrogen) atoms. The van der Waals surface area contributed by atoms with E-state index in [9.17, 15) is 4.79 Å². The number of unbranched alkanes of at least 4 members (excludes halogenated alkanes) is 2. The molecule has 0 spiro atoms. The van der Waals surface area contributed by atoms with Crippen molar-refractivity contribution in [1.82, 2.24) is 4.98 Å². The lowest BCUT2D eigenvalue weighted by molar-refractivity contribution is 0.0944. The molecular formula is C20H26N2O3. The maximum atomic E-state index is 12.4. The number of nitrogens with zero attached hydrogens (tertiary/aromatic N) is 2. The van der Waals surface area contributed by atoms with Crippen molar-refractivity contribution in [2.45, 2.75) is 39.0 Å². The molecule has 1 aliphatic rings. The van der Waals surface area contributed by atoms with Gasteiger partial charge in [0.15, 0.2) is 0 Å². The van der Waals surface area contributed by atoms with Crippen LogP contribution in [0.15, 0.2) is 34.7 Å². The number of oxazole rings is 1. The standard InChI is InChI=1S/C20H26N2O3/c1-2-3-5-10-18(23)19-21-17(15-16-8-6-4-7-9-16)20(25-19)22-11-13-24-14-12-22/h4,6-9H,2-3,5,10-15H2,1H3. The number of carbonyl (C=O) groups is 1. The topological polar surface area (TPSA) is 55.6 Å². The number of benzene rings is 1. The fourth-order valence-corrected chi connectivity index (χ4v) is 3.02. The van der Waals surface area contributed by atoms with Crippen LogP contribution in [0.4, 0.5) is 5.88 Å². The van der Waals surface area contributed by atoms with Crippen LogP contribution in [0.25, 0.3) is 0 Å². The molecule has 0 atom stereocenters. The van der Waals surface area contributed by atoms with Crippen molar-refractivity contribution in [1.29, 1.82) is 0 Å². The Bertz CT molecular complexity index is 676. The fraction of sp³-hybridized carbons (Fsp3) is 0.500. The molecule has 0 aliphatic carbocycles. The summed E-state index contributed by atoms with van der Waals surface area (Å²) in [7, 11) is 0. The van der Waals surface area contributed by atoms with Crippen LogP contribution in [-0.2, 0) is 11.2 Å². The Kier molecular flexibility index (Phi) is 6.23. The van der Waals surface area contributed by atoms with Gasteiger partial charge in [0.2, 0.25) is 11.7 Å². The first-order chi connectivity index (χ1) is 12.3. The van der Waals surface area contributed by atoms with E-state index in [1.807, 2.05) is 18.2 Å². The van der Waals surface area contributed by atoms with Crippen molar-refractivity contribution in [2.75, 3.05) is 31.2 Å². The number of ether oxygens (including phenoxy) is 1. The molecule has 0 N–H and O–H groups in total. The summed E-state index contributed by atoms with van der Waals surface area (Å²) in [5.41, 5.74) is 2.00. The Morgan fingerprint density at radius 1 is 1.16 bits per heavy atom. The van der Waals surface area contributed by atoms with Crippen molar-refractivity contribution in [2.24, 2.45) is 0 Å². The first-order valence-corrected chi connectivity index (χ1v) is 9.17. The molecule has 0 amide bonds. The number of rotatable bonds is 8. The van der Waals surface area contributed by atoms with E-state index in [0.29, 0.717) is 26.1 Å². The number of carbonyl (C=O) groups excluding carboxylic acids is 1. The highest BCUT2D eigenvalue weighted by Gasteiger charge is 2.24. The van der Waals surface area contributed by atoms with Crippen LogP contribution < -0.4 is 4.90 Å². The second-order valence-corrected chi connectivity index (χ2v) is 6.41. The Morgan fingerprint density at radius 3 is 2.64 bits per heavy atom. The van der Waals surface area contributed by atoms with Gasteiger partial charge < -0.3 is 14.1 Å². The average molecular weight is 342 g/mol. The number of aromatic nitrogens is 1. The number of ketones is 1. The van der Waals surface area contributed by atoms with Crippen LogP contribution in [0.2, 0.25) is 0 Å². The van der Waals surface area contributed by atoms with E-state index >= 15 is 0 Å². The van der Waals surface area contributed by atoms with E-state index in [1.54, 1.807) is 0 Å². The van der Waals surface area contributed by atoms with Crippen molar-refractivity contribution in [3.8, 4) is 0 Å². The van der Waals surface area contributed by atoms with E-state index in [-0.39, 0.29) is 11.7 Å². The number of anilines is 1. The Labute approximate surface area is 149 Å². The predicted octanol–water partition coefficient (Wildman–Crippen LogP) is 3.87. The van der Waals surface area contributed by atoms with Gasteiger partial charge in [0.25, 0.3) is 5.89 Å². The smallest absolute Gasteiger partial charge is 0.265 e. The maximum absolute atomic E-state index is 12.4. The third-order valence-corrected chi connectivity index (χ3v) is 4.44. The third kappa shape index (κ3) is 4.69. The van der Waals surface area contributed by atoms with Gasteiger partial charge in [-0.15, -0.1) is 0 Å². The summed E-state index contributed by atoms with van der Waals surface area (Å²) >= 11 is 0. The highest BCUT2D eigenvalue weighted by molar-refractivity contribution is 5.92. The van der Waals surface area contributed by atoms with Crippen molar-refractivity contribution in [3.63, 3.8) is 0 Å². The zero-order valence-corrected chi connectivity index (χ0v) is 14.9. The molecule has 5 heteroatoms. The molecular weight excluding hydrogens is 316 g/mol.